The van der Waals surface area contributed by atoms with E-state index in [4.69, 9.17) is 0 Å². The van der Waals surface area contributed by atoms with Crippen LogP contribution in [-0.4, -0.2) is 46.8 Å². The second-order valence-electron chi connectivity index (χ2n) is 7.70. The highest BCUT2D eigenvalue weighted by atomic mass is 35.5. The maximum atomic E-state index is 12.5. The summed E-state index contributed by atoms with van der Waals surface area (Å²) < 4.78 is 2.10. The number of carbonyl (C=O) groups excluding carboxylic acids is 1. The summed E-state index contributed by atoms with van der Waals surface area (Å²) in [6.07, 6.45) is 1.43. The molecule has 24 heavy (non-hydrogen) atoms. The molecule has 0 saturated carbocycles. The van der Waals surface area contributed by atoms with Gasteiger partial charge in [0.15, 0.2) is 0 Å². The third kappa shape index (κ3) is 3.94. The van der Waals surface area contributed by atoms with Crippen molar-refractivity contribution in [3.63, 3.8) is 0 Å². The minimum atomic E-state index is 0. The number of nitrogens with one attached hydrogen (secondary N) is 1. The van der Waals surface area contributed by atoms with E-state index in [1.807, 2.05) is 0 Å². The van der Waals surface area contributed by atoms with E-state index in [1.165, 1.54) is 11.3 Å². The normalized spacial score (nSPS) is 22.8. The van der Waals surface area contributed by atoms with Crippen LogP contribution in [0.4, 0.5) is 0 Å². The lowest BCUT2D eigenvalue weighted by Gasteiger charge is -2.17. The number of aromatic nitrogens is 2. The number of fused-ring (bicyclic) bond motifs is 1. The van der Waals surface area contributed by atoms with Crippen molar-refractivity contribution < 1.29 is 4.79 Å². The molecular weight excluding hydrogens is 324 g/mol. The Balaban J connectivity index is 0.00000208. The van der Waals surface area contributed by atoms with Crippen LogP contribution < -0.4 is 5.32 Å². The molecule has 0 unspecified atom stereocenters. The largest absolute Gasteiger partial charge is 0.342 e. The van der Waals surface area contributed by atoms with Gasteiger partial charge in [-0.1, -0.05) is 13.8 Å². The maximum absolute atomic E-state index is 12.5. The lowest BCUT2D eigenvalue weighted by Crippen LogP contribution is -2.32. The smallest absolute Gasteiger partial charge is 0.222 e. The summed E-state index contributed by atoms with van der Waals surface area (Å²) in [4.78, 5) is 14.6. The zero-order chi connectivity index (χ0) is 16.6. The Labute approximate surface area is 151 Å². The van der Waals surface area contributed by atoms with Gasteiger partial charge in [-0.3, -0.25) is 9.48 Å². The minimum absolute atomic E-state index is 0. The first-order chi connectivity index (χ1) is 11.0. The highest BCUT2D eigenvalue weighted by Crippen LogP contribution is 2.27. The molecule has 136 valence electrons. The summed E-state index contributed by atoms with van der Waals surface area (Å²) >= 11 is 0. The molecule has 1 aromatic rings. The number of rotatable bonds is 5. The lowest BCUT2D eigenvalue weighted by atomic mass is 10.0. The monoisotopic (exact) mass is 354 g/mol. The molecule has 0 bridgehead atoms. The third-order valence-electron chi connectivity index (χ3n) is 5.40. The summed E-state index contributed by atoms with van der Waals surface area (Å²) in [5.74, 6) is 2.25. The van der Waals surface area contributed by atoms with E-state index in [-0.39, 0.29) is 12.4 Å². The van der Waals surface area contributed by atoms with Gasteiger partial charge in [-0.2, -0.15) is 5.10 Å². The number of halogens is 1. The van der Waals surface area contributed by atoms with Crippen molar-refractivity contribution in [2.24, 2.45) is 17.8 Å². The number of likely N-dealkylation sites (tertiary alicyclic amines) is 1. The Morgan fingerprint density at radius 3 is 2.46 bits per heavy atom. The van der Waals surface area contributed by atoms with Crippen molar-refractivity contribution in [3.05, 3.63) is 17.0 Å². The third-order valence-corrected chi connectivity index (χ3v) is 5.40. The zero-order valence-electron chi connectivity index (χ0n) is 15.3. The number of carbonyl (C=O) groups is 1. The van der Waals surface area contributed by atoms with Crippen molar-refractivity contribution in [1.82, 2.24) is 20.0 Å². The van der Waals surface area contributed by atoms with Gasteiger partial charge in [-0.05, 0) is 43.6 Å². The molecule has 2 saturated heterocycles. The Morgan fingerprint density at radius 1 is 1.25 bits per heavy atom. The number of hydrogen-bond acceptors (Lipinski definition) is 3. The van der Waals surface area contributed by atoms with Crippen LogP contribution in [0.5, 0.6) is 0 Å². The minimum Gasteiger partial charge on any atom is -0.342 e. The SMILES string of the molecule is Cc1nn(CC(C)C)c(C)c1CCC(=O)N1C[C@H]2CNC[C@H]2C1.Cl. The zero-order valence-corrected chi connectivity index (χ0v) is 16.2. The first kappa shape index (κ1) is 19.3. The molecule has 0 aliphatic carbocycles. The molecule has 1 amide bonds. The van der Waals surface area contributed by atoms with Gasteiger partial charge in [-0.25, -0.2) is 0 Å². The molecule has 0 radical (unpaired) electrons. The van der Waals surface area contributed by atoms with Gasteiger partial charge in [0.1, 0.15) is 0 Å². The van der Waals surface area contributed by atoms with Crippen molar-refractivity contribution in [2.45, 2.75) is 47.1 Å². The van der Waals surface area contributed by atoms with Gasteiger partial charge >= 0.3 is 0 Å². The molecular formula is C18H31ClN4O. The van der Waals surface area contributed by atoms with Crippen LogP contribution in [0.1, 0.15) is 37.2 Å². The molecule has 2 aliphatic heterocycles. The van der Waals surface area contributed by atoms with Crippen LogP contribution in [0.15, 0.2) is 0 Å². The van der Waals surface area contributed by atoms with Crippen LogP contribution in [0.3, 0.4) is 0 Å². The van der Waals surface area contributed by atoms with Crippen LogP contribution in [-0.2, 0) is 17.8 Å². The maximum Gasteiger partial charge on any atom is 0.222 e. The molecule has 6 heteroatoms. The fourth-order valence-corrected chi connectivity index (χ4v) is 4.07. The molecule has 2 atom stereocenters. The van der Waals surface area contributed by atoms with Crippen molar-refractivity contribution >= 4 is 18.3 Å². The Bertz CT molecular complexity index is 572. The van der Waals surface area contributed by atoms with Crippen LogP contribution >= 0.6 is 12.4 Å². The second kappa shape index (κ2) is 7.87. The fourth-order valence-electron chi connectivity index (χ4n) is 4.07. The summed E-state index contributed by atoms with van der Waals surface area (Å²) in [5.41, 5.74) is 3.57. The average molecular weight is 355 g/mol. The number of amides is 1. The highest BCUT2D eigenvalue weighted by molar-refractivity contribution is 5.85. The molecule has 3 rings (SSSR count). The molecule has 0 spiro atoms. The van der Waals surface area contributed by atoms with Gasteiger partial charge in [0.05, 0.1) is 5.69 Å². The lowest BCUT2D eigenvalue weighted by molar-refractivity contribution is -0.130. The van der Waals surface area contributed by atoms with E-state index in [0.717, 1.165) is 44.8 Å². The van der Waals surface area contributed by atoms with Gasteiger partial charge in [0.25, 0.3) is 0 Å². The van der Waals surface area contributed by atoms with Crippen molar-refractivity contribution in [3.8, 4) is 0 Å². The molecule has 5 nitrogen and oxygen atoms in total. The van der Waals surface area contributed by atoms with E-state index in [9.17, 15) is 4.79 Å². The summed E-state index contributed by atoms with van der Waals surface area (Å²) in [6.45, 7) is 13.6. The first-order valence-electron chi connectivity index (χ1n) is 8.97. The van der Waals surface area contributed by atoms with Crippen LogP contribution in [0.25, 0.3) is 0 Å². The quantitative estimate of drug-likeness (QED) is 0.881. The van der Waals surface area contributed by atoms with Gasteiger partial charge < -0.3 is 10.2 Å². The van der Waals surface area contributed by atoms with Crippen LogP contribution in [0, 0.1) is 31.6 Å². The number of hydrogen-bond donors (Lipinski definition) is 1. The molecule has 2 fully saturated rings. The van der Waals surface area contributed by atoms with Gasteiger partial charge in [0, 0.05) is 44.8 Å². The van der Waals surface area contributed by atoms with E-state index < -0.39 is 0 Å². The number of nitrogens with zero attached hydrogens (tertiary/aromatic N) is 3. The second-order valence-corrected chi connectivity index (χ2v) is 7.70. The highest BCUT2D eigenvalue weighted by Gasteiger charge is 2.37. The van der Waals surface area contributed by atoms with Gasteiger partial charge in [0.2, 0.25) is 5.91 Å². The molecule has 2 aliphatic rings. The Morgan fingerprint density at radius 2 is 1.88 bits per heavy atom. The Hall–Kier alpha value is -1.07. The molecule has 0 aromatic carbocycles. The van der Waals surface area contributed by atoms with E-state index in [2.05, 4.69) is 47.7 Å². The van der Waals surface area contributed by atoms with Crippen molar-refractivity contribution in [1.29, 1.82) is 0 Å². The molecule has 1 N–H and O–H groups in total. The summed E-state index contributed by atoms with van der Waals surface area (Å²) in [5, 5.41) is 8.08. The summed E-state index contributed by atoms with van der Waals surface area (Å²) in [7, 11) is 0. The van der Waals surface area contributed by atoms with Crippen molar-refractivity contribution in [2.75, 3.05) is 26.2 Å². The Kier molecular flexibility index (Phi) is 6.32. The van der Waals surface area contributed by atoms with Crippen LogP contribution in [0.2, 0.25) is 0 Å². The fraction of sp³-hybridized carbons (Fsp3) is 0.778. The van der Waals surface area contributed by atoms with E-state index >= 15 is 0 Å². The predicted molar refractivity (Wildman–Crippen MR) is 98.5 cm³/mol. The van der Waals surface area contributed by atoms with E-state index in [0.29, 0.717) is 30.1 Å². The number of aryl methyl sites for hydroxylation is 1. The molecule has 1 aromatic heterocycles. The van der Waals surface area contributed by atoms with Gasteiger partial charge in [-0.15, -0.1) is 12.4 Å². The van der Waals surface area contributed by atoms with E-state index in [1.54, 1.807) is 0 Å². The average Bonchev–Trinajstić information content (AvgIpc) is 3.12. The standard InChI is InChI=1S/C18H30N4O.ClH/c1-12(2)9-22-14(4)17(13(3)20-22)5-6-18(23)21-10-15-7-19-8-16(15)11-21;/h12,15-16,19H,5-11H2,1-4H3;1H/t15-,16+;. The summed E-state index contributed by atoms with van der Waals surface area (Å²) in [6, 6.07) is 0. The predicted octanol–water partition coefficient (Wildman–Crippen LogP) is 2.19. The topological polar surface area (TPSA) is 50.2 Å². The first-order valence-corrected chi connectivity index (χ1v) is 8.97. The molecule has 3 heterocycles.